The third kappa shape index (κ3) is 3.10. The average Bonchev–Trinajstić information content (AvgIpc) is 3.14. The van der Waals surface area contributed by atoms with Crippen LogP contribution in [0.4, 0.5) is 0 Å². The molecule has 0 atom stereocenters. The second-order valence-corrected chi connectivity index (χ2v) is 5.41. The number of hydrogen-bond donors (Lipinski definition) is 0. The van der Waals surface area contributed by atoms with Gasteiger partial charge in [0.05, 0.1) is 12.8 Å². The van der Waals surface area contributed by atoms with E-state index in [1.54, 1.807) is 6.07 Å². The normalized spacial score (nSPS) is 14.5. The van der Waals surface area contributed by atoms with Gasteiger partial charge in [-0.1, -0.05) is 12.2 Å². The Morgan fingerprint density at radius 2 is 2.29 bits per heavy atom. The number of ether oxygens (including phenoxy) is 1. The molecule has 1 aromatic heterocycles. The lowest BCUT2D eigenvalue weighted by molar-refractivity contribution is 0.0593. The first-order chi connectivity index (χ1) is 8.11. The van der Waals surface area contributed by atoms with Gasteiger partial charge in [-0.2, -0.15) is 0 Å². The van der Waals surface area contributed by atoms with Crippen LogP contribution in [0.15, 0.2) is 16.6 Å². The molecule has 0 aromatic carbocycles. The van der Waals surface area contributed by atoms with E-state index in [-0.39, 0.29) is 0 Å². The Labute approximate surface area is 114 Å². The number of aromatic nitrogens is 1. The van der Waals surface area contributed by atoms with Gasteiger partial charge in [-0.15, -0.1) is 0 Å². The molecule has 0 bridgehead atoms. The molecule has 0 unspecified atom stereocenters. The van der Waals surface area contributed by atoms with Gasteiger partial charge in [0.15, 0.2) is 0 Å². The third-order valence-corrected chi connectivity index (χ3v) is 3.89. The predicted molar refractivity (Wildman–Crippen MR) is 72.3 cm³/mol. The summed E-state index contributed by atoms with van der Waals surface area (Å²) in [6, 6.07) is 3.45. The van der Waals surface area contributed by atoms with E-state index in [0.29, 0.717) is 18.0 Å². The van der Waals surface area contributed by atoms with E-state index in [1.807, 2.05) is 6.07 Å². The van der Waals surface area contributed by atoms with Crippen molar-refractivity contribution in [2.75, 3.05) is 7.11 Å². The lowest BCUT2D eigenvalue weighted by Crippen LogP contribution is -2.10. The lowest BCUT2D eigenvalue weighted by atomic mass is 10.1. The highest BCUT2D eigenvalue weighted by molar-refractivity contribution is 9.10. The topological polar surface area (TPSA) is 39.2 Å². The predicted octanol–water partition coefficient (Wildman–Crippen LogP) is 2.95. The number of carbonyl (C=O) groups excluding carboxylic acids is 1. The Hall–Kier alpha value is -0.810. The monoisotopic (exact) mass is 313 g/mol. The first kappa shape index (κ1) is 12.6. The second-order valence-electron chi connectivity index (χ2n) is 4.03. The van der Waals surface area contributed by atoms with Crippen LogP contribution < -0.4 is 0 Å². The van der Waals surface area contributed by atoms with Gasteiger partial charge in [0.25, 0.3) is 0 Å². The minimum Gasteiger partial charge on any atom is -0.464 e. The number of pyridine rings is 1. The fourth-order valence-corrected chi connectivity index (χ4v) is 2.27. The smallest absolute Gasteiger partial charge is 0.356 e. The van der Waals surface area contributed by atoms with Crippen LogP contribution in [-0.2, 0) is 11.2 Å². The number of esters is 1. The third-order valence-electron chi connectivity index (χ3n) is 2.69. The zero-order chi connectivity index (χ0) is 12.4. The molecular formula is C12H12BrNO2S. The molecule has 1 aliphatic carbocycles. The van der Waals surface area contributed by atoms with Gasteiger partial charge in [0, 0.05) is 15.8 Å². The summed E-state index contributed by atoms with van der Waals surface area (Å²) >= 11 is 8.77. The fourth-order valence-electron chi connectivity index (χ4n) is 1.54. The molecule has 3 nitrogen and oxygen atoms in total. The number of hydrogen-bond acceptors (Lipinski definition) is 4. The second kappa shape index (κ2) is 5.23. The van der Waals surface area contributed by atoms with Crippen LogP contribution in [0.3, 0.4) is 0 Å². The summed E-state index contributed by atoms with van der Waals surface area (Å²) in [5.41, 5.74) is 1.13. The summed E-state index contributed by atoms with van der Waals surface area (Å²) in [5, 5.41) is 0. The Bertz CT molecular complexity index is 472. The molecule has 1 saturated carbocycles. The quantitative estimate of drug-likeness (QED) is 0.633. The molecule has 0 N–H and O–H groups in total. The zero-order valence-corrected chi connectivity index (χ0v) is 11.8. The molecule has 1 aliphatic rings. The van der Waals surface area contributed by atoms with Crippen LogP contribution in [0.25, 0.3) is 0 Å². The van der Waals surface area contributed by atoms with Crippen LogP contribution >= 0.6 is 28.1 Å². The molecule has 0 spiro atoms. The van der Waals surface area contributed by atoms with Crippen molar-refractivity contribution in [1.82, 2.24) is 4.98 Å². The number of rotatable bonds is 4. The van der Waals surface area contributed by atoms with E-state index in [4.69, 9.17) is 12.2 Å². The highest BCUT2D eigenvalue weighted by Gasteiger charge is 2.26. The summed E-state index contributed by atoms with van der Waals surface area (Å²) in [6.07, 6.45) is 3.02. The maximum atomic E-state index is 11.4. The fraction of sp³-hybridized carbons (Fsp3) is 0.417. The van der Waals surface area contributed by atoms with Crippen molar-refractivity contribution in [2.45, 2.75) is 19.3 Å². The van der Waals surface area contributed by atoms with Crippen molar-refractivity contribution in [1.29, 1.82) is 0 Å². The van der Waals surface area contributed by atoms with Gasteiger partial charge in [-0.25, -0.2) is 9.78 Å². The number of nitrogens with zero attached hydrogens (tertiary/aromatic N) is 1. The Morgan fingerprint density at radius 3 is 2.88 bits per heavy atom. The van der Waals surface area contributed by atoms with E-state index < -0.39 is 5.97 Å². The van der Waals surface area contributed by atoms with Gasteiger partial charge in [-0.3, -0.25) is 0 Å². The zero-order valence-electron chi connectivity index (χ0n) is 9.40. The van der Waals surface area contributed by atoms with Crippen LogP contribution in [0, 0.1) is 5.92 Å². The minimum atomic E-state index is -0.420. The maximum Gasteiger partial charge on any atom is 0.356 e. The summed E-state index contributed by atoms with van der Waals surface area (Å²) < 4.78 is 5.53. The van der Waals surface area contributed by atoms with E-state index in [0.717, 1.165) is 15.0 Å². The molecule has 1 aromatic rings. The van der Waals surface area contributed by atoms with Crippen molar-refractivity contribution < 1.29 is 9.53 Å². The van der Waals surface area contributed by atoms with Crippen LogP contribution in [0.1, 0.15) is 29.0 Å². The molecule has 0 radical (unpaired) electrons. The van der Waals surface area contributed by atoms with Crippen LogP contribution in [0.2, 0.25) is 0 Å². The van der Waals surface area contributed by atoms with Crippen molar-refractivity contribution in [3.8, 4) is 0 Å². The molecule has 1 heterocycles. The van der Waals surface area contributed by atoms with Crippen LogP contribution in [-0.4, -0.2) is 22.9 Å². The highest BCUT2D eigenvalue weighted by atomic mass is 79.9. The van der Waals surface area contributed by atoms with Gasteiger partial charge in [-0.05, 0) is 46.8 Å². The Morgan fingerprint density at radius 1 is 1.59 bits per heavy atom. The first-order valence-electron chi connectivity index (χ1n) is 5.38. The van der Waals surface area contributed by atoms with Gasteiger partial charge in [0.1, 0.15) is 5.69 Å². The van der Waals surface area contributed by atoms with Crippen molar-refractivity contribution in [3.05, 3.63) is 28.0 Å². The standard InChI is InChI=1S/C12H12BrNO2S/c1-16-12(15)9-5-4-8(13)10(14-9)6-11(17)7-2-3-7/h4-5,7H,2-3,6H2,1H3. The SMILES string of the molecule is COC(=O)c1ccc(Br)c(CC(=S)C2CC2)n1. The number of methoxy groups -OCH3 is 1. The van der Waals surface area contributed by atoms with Crippen molar-refractivity contribution in [3.63, 3.8) is 0 Å². The first-order valence-corrected chi connectivity index (χ1v) is 6.58. The average molecular weight is 314 g/mol. The molecular weight excluding hydrogens is 302 g/mol. The van der Waals surface area contributed by atoms with E-state index in [2.05, 4.69) is 25.7 Å². The van der Waals surface area contributed by atoms with Gasteiger partial charge >= 0.3 is 5.97 Å². The number of thiocarbonyl (C=S) groups is 1. The molecule has 17 heavy (non-hydrogen) atoms. The Kier molecular flexibility index (Phi) is 3.89. The summed E-state index contributed by atoms with van der Waals surface area (Å²) in [7, 11) is 1.35. The molecule has 0 amide bonds. The largest absolute Gasteiger partial charge is 0.464 e. The highest BCUT2D eigenvalue weighted by Crippen LogP contribution is 2.32. The van der Waals surface area contributed by atoms with Crippen molar-refractivity contribution in [2.24, 2.45) is 5.92 Å². The van der Waals surface area contributed by atoms with Crippen molar-refractivity contribution >= 4 is 39.0 Å². The molecule has 1 fully saturated rings. The van der Waals surface area contributed by atoms with Gasteiger partial charge in [0.2, 0.25) is 0 Å². The summed E-state index contributed by atoms with van der Waals surface area (Å²) in [4.78, 5) is 16.7. The lowest BCUT2D eigenvalue weighted by Gasteiger charge is -2.06. The Balaban J connectivity index is 2.19. The van der Waals surface area contributed by atoms with Crippen LogP contribution in [0.5, 0.6) is 0 Å². The van der Waals surface area contributed by atoms with E-state index in [9.17, 15) is 4.79 Å². The number of carbonyl (C=O) groups is 1. The molecule has 0 aliphatic heterocycles. The van der Waals surface area contributed by atoms with Gasteiger partial charge < -0.3 is 4.74 Å². The number of halogens is 1. The molecule has 0 saturated heterocycles. The van der Waals surface area contributed by atoms with E-state index in [1.165, 1.54) is 20.0 Å². The minimum absolute atomic E-state index is 0.323. The summed E-state index contributed by atoms with van der Waals surface area (Å²) in [6.45, 7) is 0. The maximum absolute atomic E-state index is 11.4. The molecule has 2 rings (SSSR count). The van der Waals surface area contributed by atoms with E-state index >= 15 is 0 Å². The molecule has 90 valence electrons. The molecule has 5 heteroatoms. The summed E-state index contributed by atoms with van der Waals surface area (Å²) in [5.74, 6) is 0.150.